The standard InChI is InChI=1S/C25H28F2N8O2/c1-14(36)34-12-25(13-34)7-5-16(6-8-25)29-24-30-22-21(23(31-24)37-2)17(10-28-22)15-3-4-18-19(9-15)35(33-32-18)11-20(26)27/h3-4,9-10,16,20H,5-8,11-13H2,1-2H3,(H2,28,29,30,31). The van der Waals surface area contributed by atoms with Gasteiger partial charge in [-0.05, 0) is 43.4 Å². The number of hydrogen-bond donors (Lipinski definition) is 2. The van der Waals surface area contributed by atoms with Crippen molar-refractivity contribution in [3.8, 4) is 17.0 Å². The smallest absolute Gasteiger partial charge is 0.258 e. The van der Waals surface area contributed by atoms with Gasteiger partial charge in [-0.1, -0.05) is 11.3 Å². The first kappa shape index (κ1) is 23.6. The second kappa shape index (κ2) is 8.93. The van der Waals surface area contributed by atoms with Crippen LogP contribution in [0.2, 0.25) is 0 Å². The van der Waals surface area contributed by atoms with Crippen LogP contribution < -0.4 is 10.1 Å². The number of halogens is 2. The number of methoxy groups -OCH3 is 1. The Labute approximate surface area is 211 Å². The van der Waals surface area contributed by atoms with Gasteiger partial charge in [-0.3, -0.25) is 4.79 Å². The van der Waals surface area contributed by atoms with E-state index in [1.54, 1.807) is 26.2 Å². The summed E-state index contributed by atoms with van der Waals surface area (Å²) in [7, 11) is 1.56. The molecule has 1 amide bonds. The summed E-state index contributed by atoms with van der Waals surface area (Å²) in [4.78, 5) is 26.0. The van der Waals surface area contributed by atoms with Crippen LogP contribution in [0.5, 0.6) is 5.88 Å². The molecule has 12 heteroatoms. The fourth-order valence-corrected chi connectivity index (χ4v) is 5.70. The van der Waals surface area contributed by atoms with Crippen LogP contribution in [0.1, 0.15) is 32.6 Å². The molecule has 0 bridgehead atoms. The molecule has 1 saturated carbocycles. The molecule has 37 heavy (non-hydrogen) atoms. The van der Waals surface area contributed by atoms with Crippen LogP contribution in [0.25, 0.3) is 33.2 Å². The van der Waals surface area contributed by atoms with Crippen LogP contribution in [0, 0.1) is 5.41 Å². The molecule has 1 aromatic carbocycles. The summed E-state index contributed by atoms with van der Waals surface area (Å²) < 4.78 is 32.8. The summed E-state index contributed by atoms with van der Waals surface area (Å²) in [5.41, 5.74) is 3.54. The minimum absolute atomic E-state index is 0.153. The summed E-state index contributed by atoms with van der Waals surface area (Å²) >= 11 is 0. The van der Waals surface area contributed by atoms with Gasteiger partial charge in [0.25, 0.3) is 6.43 Å². The average molecular weight is 511 g/mol. The fourth-order valence-electron chi connectivity index (χ4n) is 5.70. The Morgan fingerprint density at radius 2 is 2.05 bits per heavy atom. The van der Waals surface area contributed by atoms with Crippen molar-refractivity contribution < 1.29 is 18.3 Å². The second-order valence-corrected chi connectivity index (χ2v) is 10.1. The van der Waals surface area contributed by atoms with Crippen molar-refractivity contribution in [1.82, 2.24) is 34.8 Å². The van der Waals surface area contributed by atoms with E-state index in [0.29, 0.717) is 33.9 Å². The predicted molar refractivity (Wildman–Crippen MR) is 134 cm³/mol. The normalized spacial score (nSPS) is 17.6. The van der Waals surface area contributed by atoms with Crippen molar-refractivity contribution in [2.75, 3.05) is 25.5 Å². The molecule has 1 aliphatic carbocycles. The highest BCUT2D eigenvalue weighted by atomic mass is 19.3. The third-order valence-electron chi connectivity index (χ3n) is 7.70. The number of aromatic nitrogens is 6. The van der Waals surface area contributed by atoms with Crippen molar-refractivity contribution in [3.63, 3.8) is 0 Å². The van der Waals surface area contributed by atoms with E-state index in [2.05, 4.69) is 25.6 Å². The lowest BCUT2D eigenvalue weighted by atomic mass is 9.67. The number of alkyl halides is 2. The molecule has 1 aliphatic heterocycles. The van der Waals surface area contributed by atoms with E-state index < -0.39 is 13.0 Å². The topological polar surface area (TPSA) is 114 Å². The Balaban J connectivity index is 1.23. The highest BCUT2D eigenvalue weighted by molar-refractivity contribution is 5.99. The molecule has 2 fully saturated rings. The van der Waals surface area contributed by atoms with Crippen molar-refractivity contribution in [2.45, 2.75) is 51.6 Å². The number of carbonyl (C=O) groups is 1. The average Bonchev–Trinajstić information content (AvgIpc) is 3.46. The number of H-pyrrole nitrogens is 1. The van der Waals surface area contributed by atoms with Crippen LogP contribution in [-0.2, 0) is 11.3 Å². The number of rotatable bonds is 6. The van der Waals surface area contributed by atoms with Gasteiger partial charge in [-0.15, -0.1) is 5.10 Å². The largest absolute Gasteiger partial charge is 0.480 e. The van der Waals surface area contributed by atoms with E-state index >= 15 is 0 Å². The van der Waals surface area contributed by atoms with E-state index in [1.807, 2.05) is 17.2 Å². The Kier molecular flexibility index (Phi) is 5.68. The monoisotopic (exact) mass is 510 g/mol. The second-order valence-electron chi connectivity index (χ2n) is 10.1. The van der Waals surface area contributed by atoms with Gasteiger partial charge in [-0.2, -0.15) is 9.97 Å². The molecule has 10 nitrogen and oxygen atoms in total. The summed E-state index contributed by atoms with van der Waals surface area (Å²) in [5.74, 6) is 1.07. The summed E-state index contributed by atoms with van der Waals surface area (Å²) in [5, 5.41) is 12.0. The number of nitrogens with one attached hydrogen (secondary N) is 2. The molecule has 0 unspecified atom stereocenters. The maximum Gasteiger partial charge on any atom is 0.258 e. The SMILES string of the molecule is COc1nc(NC2CCC3(CC2)CN(C(C)=O)C3)nc2[nH]cc(-c3ccc4nnn(CC(F)F)c4c3)c12. The van der Waals surface area contributed by atoms with Crippen molar-refractivity contribution in [3.05, 3.63) is 24.4 Å². The first-order chi connectivity index (χ1) is 17.8. The Morgan fingerprint density at radius 1 is 1.27 bits per heavy atom. The van der Waals surface area contributed by atoms with Crippen LogP contribution in [-0.4, -0.2) is 73.4 Å². The molecule has 6 rings (SSSR count). The lowest BCUT2D eigenvalue weighted by Gasteiger charge is -2.53. The number of nitrogens with zero attached hydrogens (tertiary/aromatic N) is 6. The third kappa shape index (κ3) is 4.23. The van der Waals surface area contributed by atoms with Gasteiger partial charge in [0.15, 0.2) is 0 Å². The van der Waals surface area contributed by atoms with Crippen molar-refractivity contribution in [2.24, 2.45) is 5.41 Å². The lowest BCUT2D eigenvalue weighted by molar-refractivity contribution is -0.143. The van der Waals surface area contributed by atoms with Gasteiger partial charge in [0, 0.05) is 43.2 Å². The number of anilines is 1. The molecule has 2 N–H and O–H groups in total. The molecule has 194 valence electrons. The highest BCUT2D eigenvalue weighted by Crippen LogP contribution is 2.44. The molecule has 4 aromatic rings. The summed E-state index contributed by atoms with van der Waals surface area (Å²) in [6, 6.07) is 5.66. The lowest BCUT2D eigenvalue weighted by Crippen LogP contribution is -2.59. The van der Waals surface area contributed by atoms with Gasteiger partial charge in [0.05, 0.1) is 18.0 Å². The van der Waals surface area contributed by atoms with E-state index in [1.165, 1.54) is 4.68 Å². The molecule has 3 aromatic heterocycles. The number of fused-ring (bicyclic) bond motifs is 2. The number of hydrogen-bond acceptors (Lipinski definition) is 7. The van der Waals surface area contributed by atoms with E-state index in [0.717, 1.165) is 49.9 Å². The van der Waals surface area contributed by atoms with Gasteiger partial charge in [-0.25, -0.2) is 13.5 Å². The van der Waals surface area contributed by atoms with Crippen LogP contribution in [0.4, 0.5) is 14.7 Å². The number of likely N-dealkylation sites (tertiary alicyclic amines) is 1. The maximum atomic E-state index is 13.0. The molecule has 4 heterocycles. The van der Waals surface area contributed by atoms with E-state index in [4.69, 9.17) is 9.72 Å². The van der Waals surface area contributed by atoms with Gasteiger partial charge in [0.2, 0.25) is 17.7 Å². The molecule has 0 atom stereocenters. The quantitative estimate of drug-likeness (QED) is 0.405. The zero-order valence-corrected chi connectivity index (χ0v) is 20.7. The Morgan fingerprint density at radius 3 is 2.76 bits per heavy atom. The molecule has 1 spiro atoms. The zero-order valence-electron chi connectivity index (χ0n) is 20.7. The van der Waals surface area contributed by atoms with E-state index in [9.17, 15) is 13.6 Å². The zero-order chi connectivity index (χ0) is 25.7. The molecular weight excluding hydrogens is 482 g/mol. The minimum Gasteiger partial charge on any atom is -0.480 e. The van der Waals surface area contributed by atoms with E-state index in [-0.39, 0.29) is 17.4 Å². The first-order valence-corrected chi connectivity index (χ1v) is 12.4. The van der Waals surface area contributed by atoms with Gasteiger partial charge < -0.3 is 19.9 Å². The van der Waals surface area contributed by atoms with Crippen LogP contribution in [0.15, 0.2) is 24.4 Å². The fraction of sp³-hybridized carbons (Fsp3) is 0.480. The molecule has 1 saturated heterocycles. The number of carbonyl (C=O) groups excluding carboxylic acids is 1. The molecule has 0 radical (unpaired) electrons. The van der Waals surface area contributed by atoms with Crippen molar-refractivity contribution >= 4 is 33.9 Å². The van der Waals surface area contributed by atoms with Crippen LogP contribution >= 0.6 is 0 Å². The molecular formula is C25H28F2N8O2. The molecule has 2 aliphatic rings. The summed E-state index contributed by atoms with van der Waals surface area (Å²) in [6.45, 7) is 2.83. The number of benzene rings is 1. The number of aromatic amines is 1. The predicted octanol–water partition coefficient (Wildman–Crippen LogP) is 3.85. The highest BCUT2D eigenvalue weighted by Gasteiger charge is 2.46. The van der Waals surface area contributed by atoms with Gasteiger partial charge >= 0.3 is 0 Å². The minimum atomic E-state index is -2.53. The third-order valence-corrected chi connectivity index (χ3v) is 7.70. The van der Waals surface area contributed by atoms with Crippen molar-refractivity contribution in [1.29, 1.82) is 0 Å². The summed E-state index contributed by atoms with van der Waals surface area (Å²) in [6.07, 6.45) is 3.41. The first-order valence-electron chi connectivity index (χ1n) is 12.4. The van der Waals surface area contributed by atoms with Crippen LogP contribution in [0.3, 0.4) is 0 Å². The Bertz CT molecular complexity index is 1470. The number of amides is 1. The Hall–Kier alpha value is -3.83. The number of ether oxygens (including phenoxy) is 1. The maximum absolute atomic E-state index is 13.0. The van der Waals surface area contributed by atoms with Gasteiger partial charge in [0.1, 0.15) is 17.7 Å².